The van der Waals surface area contributed by atoms with E-state index in [1.165, 1.54) is 51.4 Å². The van der Waals surface area contributed by atoms with Crippen LogP contribution in [0.5, 0.6) is 5.75 Å². The molecule has 0 aliphatic carbocycles. The van der Waals surface area contributed by atoms with Gasteiger partial charge in [0.25, 0.3) is 0 Å². The van der Waals surface area contributed by atoms with Crippen molar-refractivity contribution in [1.82, 2.24) is 0 Å². The van der Waals surface area contributed by atoms with Gasteiger partial charge in [0, 0.05) is 5.33 Å². The van der Waals surface area contributed by atoms with Gasteiger partial charge in [0.05, 0.1) is 18.8 Å². The molecule has 1 rings (SSSR count). The number of ether oxygens (including phenoxy) is 2. The monoisotopic (exact) mass is 440 g/mol. The van der Waals surface area contributed by atoms with Gasteiger partial charge >= 0.3 is 5.97 Å². The van der Waals surface area contributed by atoms with Crippen molar-refractivity contribution in [2.45, 2.75) is 84.0 Å². The van der Waals surface area contributed by atoms with Gasteiger partial charge < -0.3 is 9.47 Å². The van der Waals surface area contributed by atoms with Crippen LogP contribution in [0.25, 0.3) is 0 Å². The molecular formula is C23H37BrO3. The summed E-state index contributed by atoms with van der Waals surface area (Å²) in [7, 11) is 0. The number of hydrogen-bond acceptors (Lipinski definition) is 3. The minimum Gasteiger partial charge on any atom is -0.494 e. The first-order chi connectivity index (χ1) is 13.3. The molecule has 0 N–H and O–H groups in total. The average Bonchev–Trinajstić information content (AvgIpc) is 2.69. The maximum Gasteiger partial charge on any atom is 0.338 e. The molecule has 27 heavy (non-hydrogen) atoms. The summed E-state index contributed by atoms with van der Waals surface area (Å²) in [6.07, 6.45) is 14.9. The van der Waals surface area contributed by atoms with Crippen molar-refractivity contribution >= 4 is 21.9 Å². The molecule has 4 heteroatoms. The van der Waals surface area contributed by atoms with Crippen molar-refractivity contribution in [1.29, 1.82) is 0 Å². The first kappa shape index (κ1) is 24.0. The largest absolute Gasteiger partial charge is 0.494 e. The molecule has 0 aliphatic heterocycles. The molecule has 0 atom stereocenters. The van der Waals surface area contributed by atoms with E-state index in [9.17, 15) is 4.79 Å². The molecule has 0 aromatic heterocycles. The van der Waals surface area contributed by atoms with Crippen LogP contribution in [0.1, 0.15) is 94.3 Å². The van der Waals surface area contributed by atoms with Crippen molar-refractivity contribution in [3.63, 3.8) is 0 Å². The minimum atomic E-state index is -0.251. The highest BCUT2D eigenvalue weighted by Crippen LogP contribution is 2.15. The maximum atomic E-state index is 12.0. The molecule has 0 heterocycles. The van der Waals surface area contributed by atoms with E-state index in [-0.39, 0.29) is 5.97 Å². The van der Waals surface area contributed by atoms with E-state index in [2.05, 4.69) is 22.9 Å². The summed E-state index contributed by atoms with van der Waals surface area (Å²) in [5.41, 5.74) is 0.589. The van der Waals surface area contributed by atoms with Crippen LogP contribution in [0.4, 0.5) is 0 Å². The Hall–Kier alpha value is -1.03. The Bertz CT molecular complexity index is 473. The molecule has 0 saturated carbocycles. The topological polar surface area (TPSA) is 35.5 Å². The summed E-state index contributed by atoms with van der Waals surface area (Å²) in [5, 5.41) is 1.00. The van der Waals surface area contributed by atoms with E-state index in [1.54, 1.807) is 12.1 Å². The van der Waals surface area contributed by atoms with Gasteiger partial charge in [-0.3, -0.25) is 0 Å². The lowest BCUT2D eigenvalue weighted by Crippen LogP contribution is -2.06. The Morgan fingerprint density at radius 1 is 0.778 bits per heavy atom. The molecule has 0 radical (unpaired) electrons. The summed E-state index contributed by atoms with van der Waals surface area (Å²) in [5.74, 6) is 0.572. The van der Waals surface area contributed by atoms with E-state index in [1.807, 2.05) is 12.1 Å². The summed E-state index contributed by atoms with van der Waals surface area (Å²) < 4.78 is 11.1. The van der Waals surface area contributed by atoms with Gasteiger partial charge in [-0.15, -0.1) is 0 Å². The second-order valence-electron chi connectivity index (χ2n) is 7.09. The van der Waals surface area contributed by atoms with Crippen molar-refractivity contribution in [2.24, 2.45) is 0 Å². The molecule has 154 valence electrons. The van der Waals surface area contributed by atoms with Crippen LogP contribution >= 0.6 is 15.9 Å². The van der Waals surface area contributed by atoms with Gasteiger partial charge in [-0.1, -0.05) is 74.2 Å². The fraction of sp³-hybridized carbons (Fsp3) is 0.696. The zero-order chi connectivity index (χ0) is 19.6. The third-order valence-corrected chi connectivity index (χ3v) is 5.18. The van der Waals surface area contributed by atoms with Crippen LogP contribution in [-0.2, 0) is 4.74 Å². The highest BCUT2D eigenvalue weighted by Gasteiger charge is 2.07. The van der Waals surface area contributed by atoms with Crippen molar-refractivity contribution in [3.8, 4) is 5.75 Å². The van der Waals surface area contributed by atoms with Crippen LogP contribution in [0, 0.1) is 0 Å². The van der Waals surface area contributed by atoms with Gasteiger partial charge in [-0.25, -0.2) is 4.79 Å². The van der Waals surface area contributed by atoms with Crippen molar-refractivity contribution < 1.29 is 14.3 Å². The fourth-order valence-corrected chi connectivity index (χ4v) is 3.31. The van der Waals surface area contributed by atoms with Gasteiger partial charge in [-0.2, -0.15) is 0 Å². The van der Waals surface area contributed by atoms with Crippen molar-refractivity contribution in [3.05, 3.63) is 29.8 Å². The summed E-state index contributed by atoms with van der Waals surface area (Å²) >= 11 is 3.40. The van der Waals surface area contributed by atoms with Crippen LogP contribution in [0.15, 0.2) is 24.3 Å². The number of rotatable bonds is 17. The zero-order valence-electron chi connectivity index (χ0n) is 17.0. The Morgan fingerprint density at radius 2 is 1.33 bits per heavy atom. The van der Waals surface area contributed by atoms with E-state index >= 15 is 0 Å². The van der Waals surface area contributed by atoms with Gasteiger partial charge in [0.2, 0.25) is 0 Å². The quantitative estimate of drug-likeness (QED) is 0.144. The van der Waals surface area contributed by atoms with Crippen LogP contribution in [0.2, 0.25) is 0 Å². The summed E-state index contributed by atoms with van der Waals surface area (Å²) in [4.78, 5) is 12.0. The normalized spacial score (nSPS) is 10.7. The smallest absolute Gasteiger partial charge is 0.338 e. The number of carbonyl (C=O) groups excluding carboxylic acids is 1. The predicted molar refractivity (Wildman–Crippen MR) is 117 cm³/mol. The second-order valence-corrected chi connectivity index (χ2v) is 7.88. The molecule has 0 amide bonds. The molecule has 3 nitrogen and oxygen atoms in total. The van der Waals surface area contributed by atoms with Crippen molar-refractivity contribution in [2.75, 3.05) is 18.5 Å². The number of benzene rings is 1. The number of carbonyl (C=O) groups is 1. The molecule has 0 fully saturated rings. The molecule has 1 aromatic carbocycles. The molecule has 0 saturated heterocycles. The highest BCUT2D eigenvalue weighted by atomic mass is 79.9. The van der Waals surface area contributed by atoms with Gasteiger partial charge in [-0.05, 0) is 49.9 Å². The van der Waals surface area contributed by atoms with E-state index < -0.39 is 0 Å². The first-order valence-electron chi connectivity index (χ1n) is 10.7. The standard InChI is InChI=1S/C23H37BrO3/c1-2-3-4-5-6-7-8-9-12-19-26-22-16-14-21(15-17-22)23(25)27-20-13-10-11-18-24/h14-17H,2-13,18-20H2,1H3. The Balaban J connectivity index is 2.06. The molecule has 0 unspecified atom stereocenters. The maximum absolute atomic E-state index is 12.0. The number of hydrogen-bond donors (Lipinski definition) is 0. The number of halogens is 1. The summed E-state index contributed by atoms with van der Waals surface area (Å²) in [6, 6.07) is 7.28. The average molecular weight is 441 g/mol. The number of unbranched alkanes of at least 4 members (excludes halogenated alkanes) is 10. The zero-order valence-corrected chi connectivity index (χ0v) is 18.6. The highest BCUT2D eigenvalue weighted by molar-refractivity contribution is 9.09. The van der Waals surface area contributed by atoms with Crippen LogP contribution in [-0.4, -0.2) is 24.5 Å². The van der Waals surface area contributed by atoms with Crippen LogP contribution < -0.4 is 4.74 Å². The first-order valence-corrected chi connectivity index (χ1v) is 11.9. The Labute approximate surface area is 174 Å². The second kappa shape index (κ2) is 17.1. The third-order valence-electron chi connectivity index (χ3n) is 4.62. The SMILES string of the molecule is CCCCCCCCCCCOc1ccc(C(=O)OCCCCCBr)cc1. The lowest BCUT2D eigenvalue weighted by molar-refractivity contribution is 0.0498. The number of alkyl halides is 1. The van der Waals surface area contributed by atoms with Gasteiger partial charge in [0.1, 0.15) is 5.75 Å². The predicted octanol–water partition coefficient (Wildman–Crippen LogP) is 7.32. The van der Waals surface area contributed by atoms with E-state index in [4.69, 9.17) is 9.47 Å². The Kier molecular flexibility index (Phi) is 15.2. The van der Waals surface area contributed by atoms with Gasteiger partial charge in [0.15, 0.2) is 0 Å². The van der Waals surface area contributed by atoms with Crippen LogP contribution in [0.3, 0.4) is 0 Å². The molecule has 0 spiro atoms. The number of esters is 1. The van der Waals surface area contributed by atoms with E-state index in [0.717, 1.165) is 43.4 Å². The van der Waals surface area contributed by atoms with E-state index in [0.29, 0.717) is 12.2 Å². The molecular weight excluding hydrogens is 404 g/mol. The molecule has 0 aliphatic rings. The Morgan fingerprint density at radius 3 is 1.96 bits per heavy atom. The molecule has 0 bridgehead atoms. The fourth-order valence-electron chi connectivity index (χ4n) is 2.91. The molecule has 1 aromatic rings. The lowest BCUT2D eigenvalue weighted by atomic mass is 10.1. The minimum absolute atomic E-state index is 0.251. The summed E-state index contributed by atoms with van der Waals surface area (Å²) in [6.45, 7) is 3.49. The lowest BCUT2D eigenvalue weighted by Gasteiger charge is -2.08. The third kappa shape index (κ3) is 12.9.